The second kappa shape index (κ2) is 3.29. The van der Waals surface area contributed by atoms with E-state index in [9.17, 15) is 4.79 Å². The van der Waals surface area contributed by atoms with Crippen molar-refractivity contribution in [2.75, 3.05) is 6.54 Å². The molecule has 0 saturated heterocycles. The maximum atomic E-state index is 10.5. The molecule has 0 heterocycles. The predicted octanol–water partition coefficient (Wildman–Crippen LogP) is -0.686. The van der Waals surface area contributed by atoms with Crippen molar-refractivity contribution in [2.24, 2.45) is 5.92 Å². The van der Waals surface area contributed by atoms with Gasteiger partial charge in [0.1, 0.15) is 0 Å². The van der Waals surface area contributed by atoms with Crippen molar-refractivity contribution in [3.05, 3.63) is 5.53 Å². The quantitative estimate of drug-likeness (QED) is 0.485. The molecule has 0 spiro atoms. The molecule has 0 rings (SSSR count). The van der Waals surface area contributed by atoms with E-state index in [1.165, 1.54) is 0 Å². The summed E-state index contributed by atoms with van der Waals surface area (Å²) >= 11 is 0. The summed E-state index contributed by atoms with van der Waals surface area (Å²) in [6, 6.07) is 0. The second-order valence-corrected chi connectivity index (χ2v) is 1.96. The maximum absolute atomic E-state index is 10.5. The van der Waals surface area contributed by atoms with Crippen LogP contribution in [-0.4, -0.2) is 12.3 Å². The van der Waals surface area contributed by atoms with Crippen LogP contribution in [0, 0.1) is 5.92 Å². The minimum atomic E-state index is 0.00894. The number of carbonyl (C=O) groups is 1. The van der Waals surface area contributed by atoms with Crippen LogP contribution >= 0.6 is 0 Å². The van der Waals surface area contributed by atoms with E-state index in [0.29, 0.717) is 0 Å². The Morgan fingerprint density at radius 2 is 2.25 bits per heavy atom. The molecule has 3 heteroatoms. The SMILES string of the molecule is CC(C)C(=O)C[NH+]=[N-]. The van der Waals surface area contributed by atoms with E-state index in [1.54, 1.807) is 19.0 Å². The van der Waals surface area contributed by atoms with Gasteiger partial charge < -0.3 is 10.6 Å². The van der Waals surface area contributed by atoms with Crippen molar-refractivity contribution in [1.82, 2.24) is 0 Å². The van der Waals surface area contributed by atoms with Crippen molar-refractivity contribution in [1.29, 1.82) is 0 Å². The molecule has 0 fully saturated rings. The number of hydrogen-bond acceptors (Lipinski definition) is 1. The Labute approximate surface area is 48.6 Å². The molecule has 0 unspecified atom stereocenters. The highest BCUT2D eigenvalue weighted by atomic mass is 16.1. The van der Waals surface area contributed by atoms with Crippen LogP contribution in [0.25, 0.3) is 5.53 Å². The molecule has 1 N–H and O–H groups in total. The summed E-state index contributed by atoms with van der Waals surface area (Å²) in [5, 5.41) is 1.80. The number of nitrogens with one attached hydrogen (secondary N) is 1. The largest absolute Gasteiger partial charge is 0.508 e. The van der Waals surface area contributed by atoms with Gasteiger partial charge in [0.05, 0.1) is 0 Å². The maximum Gasteiger partial charge on any atom is 0.198 e. The van der Waals surface area contributed by atoms with Gasteiger partial charge >= 0.3 is 0 Å². The lowest BCUT2D eigenvalue weighted by molar-refractivity contribution is -0.467. The first-order valence-corrected chi connectivity index (χ1v) is 2.58. The molecule has 0 aliphatic rings. The molecule has 3 nitrogen and oxygen atoms in total. The van der Waals surface area contributed by atoms with Crippen molar-refractivity contribution in [3.8, 4) is 0 Å². The predicted molar refractivity (Wildman–Crippen MR) is 29.0 cm³/mol. The van der Waals surface area contributed by atoms with Gasteiger partial charge in [-0.1, -0.05) is 13.8 Å². The molecule has 0 aliphatic carbocycles. The van der Waals surface area contributed by atoms with Gasteiger partial charge in [-0.05, 0) is 0 Å². The van der Waals surface area contributed by atoms with Gasteiger partial charge in [-0.15, -0.1) is 0 Å². The topological polar surface area (TPSA) is 53.3 Å². The Morgan fingerprint density at radius 3 is 2.38 bits per heavy atom. The Hall–Kier alpha value is -0.730. The fourth-order valence-electron chi connectivity index (χ4n) is 0.282. The van der Waals surface area contributed by atoms with E-state index in [1.807, 2.05) is 0 Å². The monoisotopic (exact) mass is 114 g/mol. The van der Waals surface area contributed by atoms with Crippen molar-refractivity contribution in [3.63, 3.8) is 0 Å². The Morgan fingerprint density at radius 1 is 1.75 bits per heavy atom. The molecule has 0 aromatic rings. The van der Waals surface area contributed by atoms with Crippen LogP contribution in [0.1, 0.15) is 13.8 Å². The van der Waals surface area contributed by atoms with Gasteiger partial charge in [0.25, 0.3) is 0 Å². The summed E-state index contributed by atoms with van der Waals surface area (Å²) in [6.45, 7) is 3.64. The summed E-state index contributed by atoms with van der Waals surface area (Å²) in [6.07, 6.45) is 0. The van der Waals surface area contributed by atoms with Gasteiger partial charge in [0.2, 0.25) is 0 Å². The van der Waals surface area contributed by atoms with E-state index < -0.39 is 0 Å². The summed E-state index contributed by atoms with van der Waals surface area (Å²) in [7, 11) is 0. The molecule has 0 aromatic heterocycles. The van der Waals surface area contributed by atoms with E-state index in [-0.39, 0.29) is 18.2 Å². The molecule has 8 heavy (non-hydrogen) atoms. The molecule has 0 saturated carbocycles. The first-order valence-electron chi connectivity index (χ1n) is 2.58. The van der Waals surface area contributed by atoms with Crippen LogP contribution < -0.4 is 5.11 Å². The average Bonchev–Trinajstić information content (AvgIpc) is 1.67. The minimum Gasteiger partial charge on any atom is -0.508 e. The fraction of sp³-hybridized carbons (Fsp3) is 0.800. The fourth-order valence-corrected chi connectivity index (χ4v) is 0.282. The van der Waals surface area contributed by atoms with Crippen LogP contribution in [-0.2, 0) is 4.79 Å². The number of ketones is 1. The van der Waals surface area contributed by atoms with Crippen molar-refractivity contribution < 1.29 is 9.91 Å². The van der Waals surface area contributed by atoms with Gasteiger partial charge in [0.15, 0.2) is 12.3 Å². The highest BCUT2D eigenvalue weighted by Gasteiger charge is 2.05. The first-order chi connectivity index (χ1) is 3.68. The molecule has 0 atom stereocenters. The molecular weight excluding hydrogens is 104 g/mol. The molecule has 0 amide bonds. The van der Waals surface area contributed by atoms with Crippen LogP contribution in [0.3, 0.4) is 0 Å². The third-order valence-electron chi connectivity index (χ3n) is 0.897. The minimum absolute atomic E-state index is 0.00894. The van der Waals surface area contributed by atoms with Gasteiger partial charge in [-0.3, -0.25) is 4.79 Å². The zero-order valence-electron chi connectivity index (χ0n) is 5.14. The molecule has 46 valence electrons. The first kappa shape index (κ1) is 7.27. The van der Waals surface area contributed by atoms with Crippen molar-refractivity contribution >= 4 is 5.78 Å². The van der Waals surface area contributed by atoms with E-state index in [0.717, 1.165) is 0 Å². The second-order valence-electron chi connectivity index (χ2n) is 1.96. The number of hydrogen-bond donors (Lipinski definition) is 1. The van der Waals surface area contributed by atoms with Gasteiger partial charge in [-0.2, -0.15) is 0 Å². The number of rotatable bonds is 3. The van der Waals surface area contributed by atoms with E-state index >= 15 is 0 Å². The van der Waals surface area contributed by atoms with Gasteiger partial charge in [-0.25, -0.2) is 0 Å². The summed E-state index contributed by atoms with van der Waals surface area (Å²) in [5.41, 5.74) is 8.01. The lowest BCUT2D eigenvalue weighted by Gasteiger charge is -1.95. The Bertz CT molecular complexity index is 98.6. The smallest absolute Gasteiger partial charge is 0.198 e. The number of carbonyl (C=O) groups excluding carboxylic acids is 1. The lowest BCUT2D eigenvalue weighted by atomic mass is 10.1. The normalized spacial score (nSPS) is 9.38. The number of Topliss-reactive ketones (excluding diaryl/α,β-unsaturated/α-hetero) is 1. The molecule has 0 aliphatic heterocycles. The third-order valence-corrected chi connectivity index (χ3v) is 0.897. The Kier molecular flexibility index (Phi) is 2.99. The highest BCUT2D eigenvalue weighted by Crippen LogP contribution is 1.89. The Balaban J connectivity index is 3.48. The van der Waals surface area contributed by atoms with E-state index in [2.05, 4.69) is 0 Å². The summed E-state index contributed by atoms with van der Waals surface area (Å²) < 4.78 is 0. The van der Waals surface area contributed by atoms with Crippen LogP contribution in [0.15, 0.2) is 0 Å². The summed E-state index contributed by atoms with van der Waals surface area (Å²) in [4.78, 5) is 10.5. The molecule has 0 aromatic carbocycles. The zero-order valence-corrected chi connectivity index (χ0v) is 5.14. The molecule has 0 radical (unpaired) electrons. The van der Waals surface area contributed by atoms with Crippen molar-refractivity contribution in [2.45, 2.75) is 13.8 Å². The molecule has 0 bridgehead atoms. The summed E-state index contributed by atoms with van der Waals surface area (Å²) in [5.74, 6) is 0.0298. The molecular formula is C5H10N2O. The lowest BCUT2D eigenvalue weighted by Crippen LogP contribution is -2.66. The van der Waals surface area contributed by atoms with Crippen LogP contribution in [0.5, 0.6) is 0 Å². The van der Waals surface area contributed by atoms with E-state index in [4.69, 9.17) is 5.53 Å². The standard InChI is InChI=1S/C5H10N2O/c1-4(2)5(8)3-7-6/h4,7H,3H2,1-2H3. The van der Waals surface area contributed by atoms with Gasteiger partial charge in [0, 0.05) is 5.92 Å². The van der Waals surface area contributed by atoms with Crippen LogP contribution in [0.2, 0.25) is 0 Å². The van der Waals surface area contributed by atoms with Crippen LogP contribution in [0.4, 0.5) is 0 Å². The number of nitrogens with zero attached hydrogens (tertiary/aromatic N) is 1. The highest BCUT2D eigenvalue weighted by molar-refractivity contribution is 5.80. The average molecular weight is 114 g/mol. The third kappa shape index (κ3) is 2.44. The zero-order chi connectivity index (χ0) is 6.57.